The van der Waals surface area contributed by atoms with Gasteiger partial charge in [0, 0.05) is 0 Å². The maximum atomic E-state index is 10.6. The van der Waals surface area contributed by atoms with Crippen molar-refractivity contribution < 1.29 is 14.4 Å². The number of carbonyl (C=O) groups is 1. The molecule has 0 saturated carbocycles. The molecule has 1 aliphatic heterocycles. The molecule has 13 heavy (non-hydrogen) atoms. The molecule has 1 aromatic rings. The van der Waals surface area contributed by atoms with Crippen LogP contribution in [0.25, 0.3) is 0 Å². The lowest BCUT2D eigenvalue weighted by Crippen LogP contribution is -2.35. The number of ether oxygens (including phenoxy) is 1. The Balaban J connectivity index is 2.07. The van der Waals surface area contributed by atoms with Gasteiger partial charge in [0.2, 0.25) is 0 Å². The first-order valence-electron chi connectivity index (χ1n) is 3.99. The van der Waals surface area contributed by atoms with Crippen LogP contribution in [0.2, 0.25) is 0 Å². The normalized spacial score (nSPS) is 21.8. The van der Waals surface area contributed by atoms with Gasteiger partial charge in [0.15, 0.2) is 0 Å². The number of amides is 1. The Morgan fingerprint density at radius 1 is 1.31 bits per heavy atom. The number of cyclic esters (lactones) is 1. The number of rotatable bonds is 1. The summed E-state index contributed by atoms with van der Waals surface area (Å²) in [6.07, 6.45) is -0.744. The maximum Gasteiger partial charge on any atom is 0.431 e. The van der Waals surface area contributed by atoms with E-state index in [9.17, 15) is 4.79 Å². The molecule has 1 heterocycles. The van der Waals surface area contributed by atoms with Crippen LogP contribution >= 0.6 is 0 Å². The average Bonchev–Trinajstić information content (AvgIpc) is 2.20. The van der Waals surface area contributed by atoms with E-state index in [1.165, 1.54) is 0 Å². The van der Waals surface area contributed by atoms with Gasteiger partial charge in [0.1, 0.15) is 12.7 Å². The predicted molar refractivity (Wildman–Crippen MR) is 44.8 cm³/mol. The van der Waals surface area contributed by atoms with E-state index in [-0.39, 0.29) is 12.7 Å². The summed E-state index contributed by atoms with van der Waals surface area (Å²) in [6.45, 7) is 0.260. The van der Waals surface area contributed by atoms with Gasteiger partial charge in [0.25, 0.3) is 0 Å². The molecule has 1 unspecified atom stereocenters. The van der Waals surface area contributed by atoms with Crippen LogP contribution in [0.15, 0.2) is 30.3 Å². The summed E-state index contributed by atoms with van der Waals surface area (Å²) in [5.41, 5.74) is 3.16. The highest BCUT2D eigenvalue weighted by Gasteiger charge is 2.21. The Labute approximate surface area is 75.4 Å². The van der Waals surface area contributed by atoms with E-state index in [4.69, 9.17) is 9.57 Å². The molecule has 0 bridgehead atoms. The number of hydrogen-bond donors (Lipinski definition) is 1. The molecule has 1 N–H and O–H groups in total. The fourth-order valence-electron chi connectivity index (χ4n) is 1.17. The van der Waals surface area contributed by atoms with E-state index < -0.39 is 6.09 Å². The van der Waals surface area contributed by atoms with Gasteiger partial charge in [-0.05, 0) is 5.56 Å². The Bertz CT molecular complexity index is 289. The molecule has 1 aliphatic rings. The van der Waals surface area contributed by atoms with E-state index in [1.54, 1.807) is 0 Å². The quantitative estimate of drug-likeness (QED) is 0.708. The van der Waals surface area contributed by atoms with Crippen molar-refractivity contribution in [3.8, 4) is 0 Å². The van der Waals surface area contributed by atoms with E-state index in [1.807, 2.05) is 30.3 Å². The van der Waals surface area contributed by atoms with Gasteiger partial charge >= 0.3 is 6.09 Å². The van der Waals surface area contributed by atoms with Crippen LogP contribution in [0.4, 0.5) is 4.79 Å². The number of carbonyl (C=O) groups excluding carboxylic acids is 1. The maximum absolute atomic E-state index is 10.6. The Hall–Kier alpha value is -1.55. The van der Waals surface area contributed by atoms with Crippen molar-refractivity contribution in [2.24, 2.45) is 0 Å². The third kappa shape index (κ3) is 1.78. The van der Waals surface area contributed by atoms with Gasteiger partial charge in [0.05, 0.1) is 0 Å². The Kier molecular flexibility index (Phi) is 2.14. The largest absolute Gasteiger partial charge is 0.445 e. The Morgan fingerprint density at radius 2 is 2.08 bits per heavy atom. The van der Waals surface area contributed by atoms with Crippen LogP contribution in [-0.2, 0) is 9.57 Å². The molecule has 1 saturated heterocycles. The van der Waals surface area contributed by atoms with Crippen molar-refractivity contribution in [1.29, 1.82) is 0 Å². The van der Waals surface area contributed by atoms with Gasteiger partial charge in [-0.3, -0.25) is 4.84 Å². The van der Waals surface area contributed by atoms with Crippen LogP contribution < -0.4 is 5.48 Å². The zero-order valence-electron chi connectivity index (χ0n) is 6.90. The number of nitrogens with one attached hydrogen (secondary N) is 1. The Morgan fingerprint density at radius 3 is 2.69 bits per heavy atom. The molecule has 4 heteroatoms. The zero-order valence-corrected chi connectivity index (χ0v) is 6.90. The highest BCUT2D eigenvalue weighted by molar-refractivity contribution is 5.66. The van der Waals surface area contributed by atoms with Crippen molar-refractivity contribution in [2.75, 3.05) is 6.61 Å². The fraction of sp³-hybridized carbons (Fsp3) is 0.222. The van der Waals surface area contributed by atoms with Crippen molar-refractivity contribution in [1.82, 2.24) is 5.48 Å². The second kappa shape index (κ2) is 3.45. The van der Waals surface area contributed by atoms with Gasteiger partial charge in [-0.25, -0.2) is 4.79 Å². The third-order valence-corrected chi connectivity index (χ3v) is 1.82. The van der Waals surface area contributed by atoms with Crippen molar-refractivity contribution in [3.63, 3.8) is 0 Å². The molecular weight excluding hydrogens is 170 g/mol. The van der Waals surface area contributed by atoms with E-state index >= 15 is 0 Å². The van der Waals surface area contributed by atoms with E-state index in [0.29, 0.717) is 0 Å². The molecule has 1 fully saturated rings. The lowest BCUT2D eigenvalue weighted by atomic mass is 10.1. The van der Waals surface area contributed by atoms with Gasteiger partial charge in [-0.2, -0.15) is 5.48 Å². The molecule has 68 valence electrons. The molecule has 0 radical (unpaired) electrons. The van der Waals surface area contributed by atoms with E-state index in [0.717, 1.165) is 5.56 Å². The molecule has 1 atom stereocenters. The lowest BCUT2D eigenvalue weighted by molar-refractivity contribution is -0.0900. The summed E-state index contributed by atoms with van der Waals surface area (Å²) in [5.74, 6) is 0. The third-order valence-electron chi connectivity index (χ3n) is 1.82. The van der Waals surface area contributed by atoms with Crippen molar-refractivity contribution in [2.45, 2.75) is 6.10 Å². The fourth-order valence-corrected chi connectivity index (χ4v) is 1.17. The van der Waals surface area contributed by atoms with Gasteiger partial charge in [-0.15, -0.1) is 0 Å². The lowest BCUT2D eigenvalue weighted by Gasteiger charge is -2.22. The molecule has 4 nitrogen and oxygen atoms in total. The first kappa shape index (κ1) is 8.07. The highest BCUT2D eigenvalue weighted by Crippen LogP contribution is 2.18. The first-order chi connectivity index (χ1) is 6.36. The average molecular weight is 179 g/mol. The van der Waals surface area contributed by atoms with Gasteiger partial charge in [-0.1, -0.05) is 30.3 Å². The number of hydroxylamine groups is 1. The zero-order chi connectivity index (χ0) is 9.10. The minimum atomic E-state index is -0.535. The van der Waals surface area contributed by atoms with Crippen molar-refractivity contribution in [3.05, 3.63) is 35.9 Å². The minimum absolute atomic E-state index is 0.209. The molecule has 1 amide bonds. The summed E-state index contributed by atoms with van der Waals surface area (Å²) < 4.78 is 4.77. The van der Waals surface area contributed by atoms with Crippen LogP contribution in [-0.4, -0.2) is 12.7 Å². The SMILES string of the molecule is O=C1NOC(c2ccccc2)CO1. The first-order valence-corrected chi connectivity index (χ1v) is 3.99. The number of hydrogen-bond acceptors (Lipinski definition) is 3. The predicted octanol–water partition coefficient (Wildman–Crippen LogP) is 1.40. The summed E-state index contributed by atoms with van der Waals surface area (Å²) in [5, 5.41) is 0. The standard InChI is InChI=1S/C9H9NO3/c11-9-10-13-8(6-12-9)7-4-2-1-3-5-7/h1-5,8H,6H2,(H,10,11). The van der Waals surface area contributed by atoms with Gasteiger partial charge < -0.3 is 4.74 Å². The molecule has 2 rings (SSSR count). The van der Waals surface area contributed by atoms with Crippen LogP contribution in [0.3, 0.4) is 0 Å². The summed E-state index contributed by atoms with van der Waals surface area (Å²) in [4.78, 5) is 15.6. The smallest absolute Gasteiger partial charge is 0.431 e. The minimum Gasteiger partial charge on any atom is -0.445 e. The second-order valence-electron chi connectivity index (χ2n) is 2.72. The molecular formula is C9H9NO3. The van der Waals surface area contributed by atoms with Crippen LogP contribution in [0.1, 0.15) is 11.7 Å². The van der Waals surface area contributed by atoms with Crippen LogP contribution in [0, 0.1) is 0 Å². The van der Waals surface area contributed by atoms with Crippen molar-refractivity contribution >= 4 is 6.09 Å². The van der Waals surface area contributed by atoms with Crippen LogP contribution in [0.5, 0.6) is 0 Å². The number of benzene rings is 1. The molecule has 0 aliphatic carbocycles. The topological polar surface area (TPSA) is 47.6 Å². The summed E-state index contributed by atoms with van der Waals surface area (Å²) in [6, 6.07) is 9.59. The highest BCUT2D eigenvalue weighted by atomic mass is 16.7. The monoisotopic (exact) mass is 179 g/mol. The van der Waals surface area contributed by atoms with E-state index in [2.05, 4.69) is 5.48 Å². The summed E-state index contributed by atoms with van der Waals surface area (Å²) >= 11 is 0. The summed E-state index contributed by atoms with van der Waals surface area (Å²) in [7, 11) is 0. The second-order valence-corrected chi connectivity index (χ2v) is 2.72. The molecule has 0 spiro atoms. The molecule has 0 aromatic heterocycles. The molecule has 1 aromatic carbocycles.